The SMILES string of the molecule is CC(C)C(CO)C(=O)c1ccccc1. The van der Waals surface area contributed by atoms with Crippen molar-refractivity contribution >= 4 is 5.78 Å². The van der Waals surface area contributed by atoms with E-state index in [9.17, 15) is 4.79 Å². The minimum atomic E-state index is -0.280. The molecule has 0 saturated carbocycles. The Labute approximate surface area is 84.6 Å². The third kappa shape index (κ3) is 2.42. The van der Waals surface area contributed by atoms with Crippen LogP contribution in [0.3, 0.4) is 0 Å². The van der Waals surface area contributed by atoms with Crippen LogP contribution in [0.15, 0.2) is 30.3 Å². The van der Waals surface area contributed by atoms with E-state index in [0.29, 0.717) is 5.56 Å². The number of aliphatic hydroxyl groups excluding tert-OH is 1. The fraction of sp³-hybridized carbons (Fsp3) is 0.417. The lowest BCUT2D eigenvalue weighted by Crippen LogP contribution is -2.23. The fourth-order valence-corrected chi connectivity index (χ4v) is 1.41. The Morgan fingerprint density at radius 2 is 1.86 bits per heavy atom. The highest BCUT2D eigenvalue weighted by Gasteiger charge is 2.21. The maximum atomic E-state index is 11.9. The fourth-order valence-electron chi connectivity index (χ4n) is 1.41. The molecule has 2 heteroatoms. The third-order valence-electron chi connectivity index (χ3n) is 2.40. The molecule has 1 atom stereocenters. The summed E-state index contributed by atoms with van der Waals surface area (Å²) in [6.45, 7) is 3.81. The van der Waals surface area contributed by atoms with Gasteiger partial charge in [0.1, 0.15) is 0 Å². The van der Waals surface area contributed by atoms with E-state index in [-0.39, 0.29) is 24.2 Å². The van der Waals surface area contributed by atoms with Crippen molar-refractivity contribution in [1.29, 1.82) is 0 Å². The van der Waals surface area contributed by atoms with Gasteiger partial charge in [0, 0.05) is 11.5 Å². The Morgan fingerprint density at radius 1 is 1.29 bits per heavy atom. The normalized spacial score (nSPS) is 12.9. The number of carbonyl (C=O) groups excluding carboxylic acids is 1. The zero-order valence-electron chi connectivity index (χ0n) is 8.60. The van der Waals surface area contributed by atoms with Gasteiger partial charge in [0.05, 0.1) is 6.61 Å². The highest BCUT2D eigenvalue weighted by atomic mass is 16.3. The molecule has 1 N–H and O–H groups in total. The zero-order chi connectivity index (χ0) is 10.6. The minimum Gasteiger partial charge on any atom is -0.396 e. The summed E-state index contributed by atoms with van der Waals surface area (Å²) in [7, 11) is 0. The van der Waals surface area contributed by atoms with Gasteiger partial charge in [-0.05, 0) is 5.92 Å². The van der Waals surface area contributed by atoms with Crippen molar-refractivity contribution in [2.75, 3.05) is 6.61 Å². The first-order chi connectivity index (χ1) is 6.66. The first kappa shape index (κ1) is 10.9. The van der Waals surface area contributed by atoms with Gasteiger partial charge < -0.3 is 5.11 Å². The van der Waals surface area contributed by atoms with E-state index in [2.05, 4.69) is 0 Å². The summed E-state index contributed by atoms with van der Waals surface area (Å²) in [5.74, 6) is -0.0757. The summed E-state index contributed by atoms with van der Waals surface area (Å²) in [4.78, 5) is 11.9. The summed E-state index contributed by atoms with van der Waals surface area (Å²) in [5.41, 5.74) is 0.681. The molecular formula is C12H16O2. The van der Waals surface area contributed by atoms with Crippen molar-refractivity contribution < 1.29 is 9.90 Å². The first-order valence-electron chi connectivity index (χ1n) is 4.87. The molecule has 0 aromatic heterocycles. The predicted octanol–water partition coefficient (Wildman–Crippen LogP) is 2.13. The molecule has 0 amide bonds. The number of Topliss-reactive ketones (excluding diaryl/α,β-unsaturated/α-hetero) is 1. The molecule has 2 nitrogen and oxygen atoms in total. The average molecular weight is 192 g/mol. The Kier molecular flexibility index (Phi) is 3.84. The average Bonchev–Trinajstić information content (AvgIpc) is 2.19. The number of hydrogen-bond acceptors (Lipinski definition) is 2. The molecule has 0 fully saturated rings. The monoisotopic (exact) mass is 192 g/mol. The molecule has 0 saturated heterocycles. The maximum absolute atomic E-state index is 11.9. The number of hydrogen-bond donors (Lipinski definition) is 1. The molecule has 0 bridgehead atoms. The molecule has 0 aliphatic carbocycles. The Balaban J connectivity index is 2.84. The molecule has 0 radical (unpaired) electrons. The summed E-state index contributed by atoms with van der Waals surface area (Å²) < 4.78 is 0. The minimum absolute atomic E-state index is 0.0306. The van der Waals surface area contributed by atoms with E-state index in [4.69, 9.17) is 5.11 Å². The zero-order valence-corrected chi connectivity index (χ0v) is 8.60. The standard InChI is InChI=1S/C12H16O2/c1-9(2)11(8-13)12(14)10-6-4-3-5-7-10/h3-7,9,11,13H,8H2,1-2H3. The second-order valence-electron chi connectivity index (χ2n) is 3.76. The van der Waals surface area contributed by atoms with Crippen LogP contribution in [0.2, 0.25) is 0 Å². The van der Waals surface area contributed by atoms with Gasteiger partial charge in [-0.1, -0.05) is 44.2 Å². The third-order valence-corrected chi connectivity index (χ3v) is 2.40. The summed E-state index contributed by atoms with van der Waals surface area (Å²) in [6, 6.07) is 9.12. The van der Waals surface area contributed by atoms with Gasteiger partial charge in [0.25, 0.3) is 0 Å². The van der Waals surface area contributed by atoms with Gasteiger partial charge in [-0.2, -0.15) is 0 Å². The second kappa shape index (κ2) is 4.91. The van der Waals surface area contributed by atoms with E-state index >= 15 is 0 Å². The van der Waals surface area contributed by atoms with Gasteiger partial charge in [-0.25, -0.2) is 0 Å². The highest BCUT2D eigenvalue weighted by Crippen LogP contribution is 2.16. The van der Waals surface area contributed by atoms with Gasteiger partial charge >= 0.3 is 0 Å². The van der Waals surface area contributed by atoms with E-state index in [1.54, 1.807) is 12.1 Å². The lowest BCUT2D eigenvalue weighted by atomic mass is 9.89. The van der Waals surface area contributed by atoms with Crippen LogP contribution in [0.5, 0.6) is 0 Å². The molecule has 0 heterocycles. The summed E-state index contributed by atoms with van der Waals surface area (Å²) in [6.07, 6.45) is 0. The van der Waals surface area contributed by atoms with Crippen LogP contribution < -0.4 is 0 Å². The Bertz CT molecular complexity index is 290. The van der Waals surface area contributed by atoms with Crippen molar-refractivity contribution in [3.05, 3.63) is 35.9 Å². The van der Waals surface area contributed by atoms with E-state index in [1.165, 1.54) is 0 Å². The van der Waals surface area contributed by atoms with Crippen LogP contribution in [0.4, 0.5) is 0 Å². The van der Waals surface area contributed by atoms with Crippen LogP contribution in [0.1, 0.15) is 24.2 Å². The van der Waals surface area contributed by atoms with Crippen LogP contribution in [-0.4, -0.2) is 17.5 Å². The molecule has 1 unspecified atom stereocenters. The van der Waals surface area contributed by atoms with E-state index < -0.39 is 0 Å². The Morgan fingerprint density at radius 3 is 2.29 bits per heavy atom. The molecule has 0 aliphatic heterocycles. The number of ketones is 1. The van der Waals surface area contributed by atoms with Crippen LogP contribution in [0, 0.1) is 11.8 Å². The van der Waals surface area contributed by atoms with Crippen molar-refractivity contribution in [2.24, 2.45) is 11.8 Å². The molecule has 0 spiro atoms. The lowest BCUT2D eigenvalue weighted by Gasteiger charge is -2.16. The highest BCUT2D eigenvalue weighted by molar-refractivity contribution is 5.98. The van der Waals surface area contributed by atoms with Crippen LogP contribution in [0.25, 0.3) is 0 Å². The molecule has 0 aliphatic rings. The lowest BCUT2D eigenvalue weighted by molar-refractivity contribution is 0.0807. The van der Waals surface area contributed by atoms with Crippen molar-refractivity contribution in [3.8, 4) is 0 Å². The molecule has 1 aromatic carbocycles. The molecule has 1 aromatic rings. The van der Waals surface area contributed by atoms with Gasteiger partial charge in [-0.3, -0.25) is 4.79 Å². The van der Waals surface area contributed by atoms with E-state index in [0.717, 1.165) is 0 Å². The molecule has 14 heavy (non-hydrogen) atoms. The van der Waals surface area contributed by atoms with Crippen molar-refractivity contribution in [3.63, 3.8) is 0 Å². The summed E-state index contributed by atoms with van der Waals surface area (Å²) in [5, 5.41) is 9.11. The van der Waals surface area contributed by atoms with Crippen molar-refractivity contribution in [2.45, 2.75) is 13.8 Å². The molecule has 76 valence electrons. The van der Waals surface area contributed by atoms with Gasteiger partial charge in [0.2, 0.25) is 0 Å². The largest absolute Gasteiger partial charge is 0.396 e. The molecule has 1 rings (SSSR count). The smallest absolute Gasteiger partial charge is 0.168 e. The summed E-state index contributed by atoms with van der Waals surface area (Å²) >= 11 is 0. The second-order valence-corrected chi connectivity index (χ2v) is 3.76. The van der Waals surface area contributed by atoms with Crippen molar-refractivity contribution in [1.82, 2.24) is 0 Å². The maximum Gasteiger partial charge on any atom is 0.168 e. The van der Waals surface area contributed by atoms with Gasteiger partial charge in [0.15, 0.2) is 5.78 Å². The van der Waals surface area contributed by atoms with Gasteiger partial charge in [-0.15, -0.1) is 0 Å². The Hall–Kier alpha value is -1.15. The van der Waals surface area contributed by atoms with Crippen LogP contribution >= 0.6 is 0 Å². The quantitative estimate of drug-likeness (QED) is 0.742. The number of aliphatic hydroxyl groups is 1. The topological polar surface area (TPSA) is 37.3 Å². The predicted molar refractivity (Wildman–Crippen MR) is 56.2 cm³/mol. The first-order valence-corrected chi connectivity index (χ1v) is 4.87. The van der Waals surface area contributed by atoms with Crippen LogP contribution in [-0.2, 0) is 0 Å². The number of rotatable bonds is 4. The van der Waals surface area contributed by atoms with E-state index in [1.807, 2.05) is 32.0 Å². The number of benzene rings is 1. The number of carbonyl (C=O) groups is 1. The molecular weight excluding hydrogens is 176 g/mol.